The number of hydrogen-bond acceptors (Lipinski definition) is 4. The summed E-state index contributed by atoms with van der Waals surface area (Å²) in [5, 5.41) is 3.43. The van der Waals surface area contributed by atoms with E-state index in [1.165, 1.54) is 11.2 Å². The summed E-state index contributed by atoms with van der Waals surface area (Å²) in [6, 6.07) is 12.5. The van der Waals surface area contributed by atoms with Crippen LogP contribution in [-0.4, -0.2) is 21.8 Å². The minimum Gasteiger partial charge on any atom is -0.444 e. The lowest BCUT2D eigenvalue weighted by molar-refractivity contribution is -0.132. The third kappa shape index (κ3) is 3.37. The van der Waals surface area contributed by atoms with E-state index in [-0.39, 0.29) is 12.5 Å². The van der Waals surface area contributed by atoms with E-state index in [0.717, 1.165) is 16.7 Å². The summed E-state index contributed by atoms with van der Waals surface area (Å²) >= 11 is 5.98. The van der Waals surface area contributed by atoms with Gasteiger partial charge in [0, 0.05) is 10.6 Å². The number of urea groups is 1. The molecule has 1 saturated heterocycles. The van der Waals surface area contributed by atoms with Crippen LogP contribution in [0, 0.1) is 13.8 Å². The molecule has 0 saturated carbocycles. The van der Waals surface area contributed by atoms with Gasteiger partial charge in [0.15, 0.2) is 0 Å². The van der Waals surface area contributed by atoms with Crippen LogP contribution < -0.4 is 5.32 Å². The maximum atomic E-state index is 13.3. The zero-order valence-electron chi connectivity index (χ0n) is 17.0. The standard InChI is InChI=1S/C23H22ClN3O3/c1-4-23(16-6-8-17(24)9-7-16)21(28)27(22(29)26-23)12-18-13-30-20(25-18)19-10-5-14(2)11-15(19)3/h5-11,13H,4,12H2,1-3H3,(H,26,29). The summed E-state index contributed by atoms with van der Waals surface area (Å²) in [5.41, 5.74) is 3.18. The van der Waals surface area contributed by atoms with Gasteiger partial charge < -0.3 is 9.73 Å². The van der Waals surface area contributed by atoms with Gasteiger partial charge in [-0.05, 0) is 49.6 Å². The molecule has 1 aliphatic rings. The average molecular weight is 424 g/mol. The van der Waals surface area contributed by atoms with Crippen molar-refractivity contribution in [3.8, 4) is 11.5 Å². The predicted octanol–water partition coefficient (Wildman–Crippen LogP) is 4.97. The first-order valence-electron chi connectivity index (χ1n) is 9.76. The largest absolute Gasteiger partial charge is 0.444 e. The van der Waals surface area contributed by atoms with Gasteiger partial charge in [0.2, 0.25) is 5.89 Å². The molecular formula is C23H22ClN3O3. The van der Waals surface area contributed by atoms with Crippen LogP contribution in [0.3, 0.4) is 0 Å². The van der Waals surface area contributed by atoms with E-state index < -0.39 is 11.6 Å². The fourth-order valence-electron chi connectivity index (χ4n) is 3.86. The fourth-order valence-corrected chi connectivity index (χ4v) is 3.99. The normalized spacial score (nSPS) is 18.7. The Morgan fingerprint density at radius 1 is 1.13 bits per heavy atom. The Bertz CT molecular complexity index is 1120. The molecule has 4 rings (SSSR count). The van der Waals surface area contributed by atoms with E-state index in [9.17, 15) is 9.59 Å². The van der Waals surface area contributed by atoms with Crippen molar-refractivity contribution in [2.24, 2.45) is 0 Å². The smallest absolute Gasteiger partial charge is 0.325 e. The van der Waals surface area contributed by atoms with Crippen LogP contribution in [0.2, 0.25) is 5.02 Å². The summed E-state index contributed by atoms with van der Waals surface area (Å²) in [5.74, 6) is 0.155. The molecule has 2 aromatic carbocycles. The van der Waals surface area contributed by atoms with E-state index in [4.69, 9.17) is 16.0 Å². The van der Waals surface area contributed by atoms with Gasteiger partial charge in [0.05, 0.1) is 12.2 Å². The van der Waals surface area contributed by atoms with Gasteiger partial charge >= 0.3 is 6.03 Å². The Morgan fingerprint density at radius 3 is 2.53 bits per heavy atom. The van der Waals surface area contributed by atoms with Crippen molar-refractivity contribution >= 4 is 23.5 Å². The number of rotatable bonds is 5. The lowest BCUT2D eigenvalue weighted by atomic mass is 9.87. The summed E-state index contributed by atoms with van der Waals surface area (Å²) in [7, 11) is 0. The van der Waals surface area contributed by atoms with Crippen molar-refractivity contribution in [3.63, 3.8) is 0 Å². The Labute approximate surface area is 179 Å². The van der Waals surface area contributed by atoms with Gasteiger partial charge in [-0.15, -0.1) is 0 Å². The highest BCUT2D eigenvalue weighted by atomic mass is 35.5. The van der Waals surface area contributed by atoms with Crippen LogP contribution in [-0.2, 0) is 16.9 Å². The third-order valence-corrected chi connectivity index (χ3v) is 5.78. The molecule has 7 heteroatoms. The van der Waals surface area contributed by atoms with Crippen molar-refractivity contribution in [2.75, 3.05) is 0 Å². The highest BCUT2D eigenvalue weighted by molar-refractivity contribution is 6.30. The molecule has 1 aliphatic heterocycles. The maximum absolute atomic E-state index is 13.3. The van der Waals surface area contributed by atoms with Gasteiger partial charge in [0.1, 0.15) is 11.8 Å². The zero-order valence-corrected chi connectivity index (χ0v) is 17.8. The molecule has 154 valence electrons. The van der Waals surface area contributed by atoms with Crippen LogP contribution >= 0.6 is 11.6 Å². The Balaban J connectivity index is 1.60. The van der Waals surface area contributed by atoms with Crippen molar-refractivity contribution < 1.29 is 14.0 Å². The fraction of sp³-hybridized carbons (Fsp3) is 0.261. The summed E-state index contributed by atoms with van der Waals surface area (Å²) in [6.45, 7) is 5.92. The Hall–Kier alpha value is -3.12. The molecular weight excluding hydrogens is 402 g/mol. The third-order valence-electron chi connectivity index (χ3n) is 5.53. The molecule has 1 N–H and O–H groups in total. The number of aromatic nitrogens is 1. The molecule has 0 aliphatic carbocycles. The van der Waals surface area contributed by atoms with E-state index in [1.807, 2.05) is 32.9 Å². The molecule has 0 radical (unpaired) electrons. The SMILES string of the molecule is CCC1(c2ccc(Cl)cc2)NC(=O)N(Cc2coc(-c3ccc(C)cc3C)n2)C1=O. The van der Waals surface area contributed by atoms with Crippen molar-refractivity contribution in [3.05, 3.63) is 76.1 Å². The minimum absolute atomic E-state index is 0.0361. The van der Waals surface area contributed by atoms with E-state index >= 15 is 0 Å². The highest BCUT2D eigenvalue weighted by Crippen LogP contribution is 2.34. The number of aryl methyl sites for hydroxylation is 2. The maximum Gasteiger partial charge on any atom is 0.325 e. The van der Waals surface area contributed by atoms with Crippen molar-refractivity contribution in [1.29, 1.82) is 0 Å². The first-order chi connectivity index (χ1) is 14.3. The summed E-state index contributed by atoms with van der Waals surface area (Å²) in [4.78, 5) is 31.6. The molecule has 0 spiro atoms. The quantitative estimate of drug-likeness (QED) is 0.588. The monoisotopic (exact) mass is 423 g/mol. The number of carbonyl (C=O) groups is 2. The Morgan fingerprint density at radius 2 is 1.87 bits per heavy atom. The average Bonchev–Trinajstić information content (AvgIpc) is 3.27. The number of benzene rings is 2. The zero-order chi connectivity index (χ0) is 21.5. The lowest BCUT2D eigenvalue weighted by Gasteiger charge is -2.25. The van der Waals surface area contributed by atoms with E-state index in [1.54, 1.807) is 24.3 Å². The number of hydrogen-bond donors (Lipinski definition) is 1. The molecule has 0 bridgehead atoms. The number of imide groups is 1. The molecule has 1 unspecified atom stereocenters. The first-order valence-corrected chi connectivity index (χ1v) is 10.1. The highest BCUT2D eigenvalue weighted by Gasteiger charge is 2.51. The van der Waals surface area contributed by atoms with Gasteiger partial charge in [-0.3, -0.25) is 9.69 Å². The van der Waals surface area contributed by atoms with E-state index in [2.05, 4.69) is 16.4 Å². The molecule has 2 heterocycles. The predicted molar refractivity (Wildman–Crippen MR) is 114 cm³/mol. The van der Waals surface area contributed by atoms with Crippen LogP contribution in [0.1, 0.15) is 35.7 Å². The van der Waals surface area contributed by atoms with Crippen LogP contribution in [0.4, 0.5) is 4.79 Å². The number of nitrogens with one attached hydrogen (secondary N) is 1. The van der Waals surface area contributed by atoms with Crippen molar-refractivity contribution in [1.82, 2.24) is 15.2 Å². The second-order valence-corrected chi connectivity index (χ2v) is 7.99. The number of nitrogens with zero attached hydrogens (tertiary/aromatic N) is 2. The molecule has 3 aromatic rings. The second kappa shape index (κ2) is 7.61. The van der Waals surface area contributed by atoms with Gasteiger partial charge in [0.25, 0.3) is 5.91 Å². The number of carbonyl (C=O) groups excluding carboxylic acids is 2. The molecule has 1 fully saturated rings. The van der Waals surface area contributed by atoms with Gasteiger partial charge in [-0.1, -0.05) is 48.4 Å². The minimum atomic E-state index is -1.11. The van der Waals surface area contributed by atoms with Crippen LogP contribution in [0.5, 0.6) is 0 Å². The molecule has 1 aromatic heterocycles. The molecule has 3 amide bonds. The first kappa shape index (κ1) is 20.2. The van der Waals surface area contributed by atoms with Gasteiger partial charge in [-0.2, -0.15) is 0 Å². The summed E-state index contributed by atoms with van der Waals surface area (Å²) < 4.78 is 5.63. The number of oxazole rings is 1. The molecule has 6 nitrogen and oxygen atoms in total. The van der Waals surface area contributed by atoms with Crippen LogP contribution in [0.25, 0.3) is 11.5 Å². The lowest BCUT2D eigenvalue weighted by Crippen LogP contribution is -2.43. The summed E-state index contributed by atoms with van der Waals surface area (Å²) in [6.07, 6.45) is 1.91. The second-order valence-electron chi connectivity index (χ2n) is 7.55. The number of amides is 3. The topological polar surface area (TPSA) is 75.4 Å². The van der Waals surface area contributed by atoms with Crippen LogP contribution in [0.15, 0.2) is 53.1 Å². The molecule has 30 heavy (non-hydrogen) atoms. The number of halogens is 1. The van der Waals surface area contributed by atoms with Gasteiger partial charge in [-0.25, -0.2) is 9.78 Å². The van der Waals surface area contributed by atoms with Crippen molar-refractivity contribution in [2.45, 2.75) is 39.3 Å². The Kier molecular flexibility index (Phi) is 5.12. The molecule has 1 atom stereocenters. The van der Waals surface area contributed by atoms with E-state index in [0.29, 0.717) is 28.6 Å².